The van der Waals surface area contributed by atoms with Gasteiger partial charge in [0, 0.05) is 12.5 Å². The molecule has 7 heteroatoms. The number of sulfone groups is 1. The van der Waals surface area contributed by atoms with Crippen LogP contribution in [0.4, 0.5) is 0 Å². The highest BCUT2D eigenvalue weighted by atomic mass is 32.2. The second kappa shape index (κ2) is 7.41. The third kappa shape index (κ3) is 4.66. The molecule has 0 saturated carbocycles. The molecular formula is C16H20N2O4S. The summed E-state index contributed by atoms with van der Waals surface area (Å²) in [5.41, 5.74) is 5.33. The van der Waals surface area contributed by atoms with Crippen molar-refractivity contribution < 1.29 is 18.0 Å². The van der Waals surface area contributed by atoms with Crippen molar-refractivity contribution in [3.8, 4) is 0 Å². The first-order valence-corrected chi connectivity index (χ1v) is 9.07. The highest BCUT2D eigenvalue weighted by Crippen LogP contribution is 2.19. The number of amides is 2. The summed E-state index contributed by atoms with van der Waals surface area (Å²) < 4.78 is 24.3. The van der Waals surface area contributed by atoms with Crippen molar-refractivity contribution >= 4 is 21.7 Å². The van der Waals surface area contributed by atoms with E-state index >= 15 is 0 Å². The van der Waals surface area contributed by atoms with E-state index in [0.717, 1.165) is 0 Å². The lowest BCUT2D eigenvalue weighted by Gasteiger charge is -2.26. The number of nitrogens with two attached hydrogens (primary N) is 1. The Morgan fingerprint density at radius 2 is 1.78 bits per heavy atom. The summed E-state index contributed by atoms with van der Waals surface area (Å²) in [6.45, 7) is 0. The zero-order chi connectivity index (χ0) is 16.9. The lowest BCUT2D eigenvalue weighted by Crippen LogP contribution is -2.46. The van der Waals surface area contributed by atoms with Gasteiger partial charge in [0.1, 0.15) is 0 Å². The predicted octanol–water partition coefficient (Wildman–Crippen LogP) is 0.787. The average Bonchev–Trinajstić information content (AvgIpc) is 2.54. The standard InChI is InChI=1S/C16H20N2O4S/c17-16(20)13-8-4-5-9-14(13)18-15(19)10-11-23(21,22)12-6-2-1-3-7-12/h1-7,13-14H,8-11H2,(H2,17,20)(H,18,19)/t13-,14-/m1/s1. The minimum Gasteiger partial charge on any atom is -0.369 e. The zero-order valence-electron chi connectivity index (χ0n) is 12.6. The Labute approximate surface area is 135 Å². The molecule has 0 radical (unpaired) electrons. The lowest BCUT2D eigenvalue weighted by molar-refractivity contribution is -0.125. The minimum atomic E-state index is -3.49. The third-order valence-corrected chi connectivity index (χ3v) is 5.58. The summed E-state index contributed by atoms with van der Waals surface area (Å²) >= 11 is 0. The Kier molecular flexibility index (Phi) is 5.54. The maximum atomic E-state index is 12.1. The van der Waals surface area contributed by atoms with Gasteiger partial charge in [-0.2, -0.15) is 0 Å². The largest absolute Gasteiger partial charge is 0.369 e. The van der Waals surface area contributed by atoms with E-state index in [1.165, 1.54) is 12.1 Å². The van der Waals surface area contributed by atoms with Crippen LogP contribution in [-0.2, 0) is 19.4 Å². The van der Waals surface area contributed by atoms with E-state index < -0.39 is 27.6 Å². The molecule has 0 aromatic heterocycles. The molecule has 2 atom stereocenters. The van der Waals surface area contributed by atoms with Crippen LogP contribution in [0.2, 0.25) is 0 Å². The number of nitrogens with one attached hydrogen (secondary N) is 1. The minimum absolute atomic E-state index is 0.150. The quantitative estimate of drug-likeness (QED) is 0.749. The van der Waals surface area contributed by atoms with Gasteiger partial charge in [0.05, 0.1) is 16.6 Å². The average molecular weight is 336 g/mol. The Bertz CT molecular complexity index is 698. The van der Waals surface area contributed by atoms with E-state index in [9.17, 15) is 18.0 Å². The Morgan fingerprint density at radius 3 is 2.43 bits per heavy atom. The molecule has 6 nitrogen and oxygen atoms in total. The van der Waals surface area contributed by atoms with E-state index in [1.54, 1.807) is 18.2 Å². The van der Waals surface area contributed by atoms with Gasteiger partial charge in [-0.25, -0.2) is 8.42 Å². The van der Waals surface area contributed by atoms with Crippen LogP contribution in [0.5, 0.6) is 0 Å². The molecule has 1 aliphatic rings. The van der Waals surface area contributed by atoms with Crippen LogP contribution >= 0.6 is 0 Å². The topological polar surface area (TPSA) is 106 Å². The van der Waals surface area contributed by atoms with Crippen LogP contribution in [-0.4, -0.2) is 32.0 Å². The Hall–Kier alpha value is -2.15. The van der Waals surface area contributed by atoms with Gasteiger partial charge in [-0.3, -0.25) is 9.59 Å². The molecule has 2 amide bonds. The number of rotatable bonds is 6. The van der Waals surface area contributed by atoms with Gasteiger partial charge in [0.25, 0.3) is 0 Å². The van der Waals surface area contributed by atoms with Crippen molar-refractivity contribution in [1.29, 1.82) is 0 Å². The summed E-state index contributed by atoms with van der Waals surface area (Å²) in [4.78, 5) is 23.6. The SMILES string of the molecule is NC(=O)[C@@H]1CC=CC[C@H]1NC(=O)CCS(=O)(=O)c1ccccc1. The summed E-state index contributed by atoms with van der Waals surface area (Å²) in [5, 5.41) is 2.72. The molecule has 124 valence electrons. The van der Waals surface area contributed by atoms with E-state index in [1.807, 2.05) is 12.2 Å². The number of benzene rings is 1. The van der Waals surface area contributed by atoms with E-state index in [2.05, 4.69) is 5.32 Å². The summed E-state index contributed by atoms with van der Waals surface area (Å²) in [6, 6.07) is 7.64. The van der Waals surface area contributed by atoms with E-state index in [-0.39, 0.29) is 23.1 Å². The molecule has 0 heterocycles. The maximum absolute atomic E-state index is 12.1. The van der Waals surface area contributed by atoms with Gasteiger partial charge < -0.3 is 11.1 Å². The highest BCUT2D eigenvalue weighted by molar-refractivity contribution is 7.91. The molecule has 1 aromatic rings. The van der Waals surface area contributed by atoms with Gasteiger partial charge in [0.2, 0.25) is 11.8 Å². The monoisotopic (exact) mass is 336 g/mol. The van der Waals surface area contributed by atoms with Gasteiger partial charge in [-0.1, -0.05) is 30.4 Å². The van der Waals surface area contributed by atoms with Gasteiger partial charge in [0.15, 0.2) is 9.84 Å². The van der Waals surface area contributed by atoms with Crippen molar-refractivity contribution in [3.05, 3.63) is 42.5 Å². The maximum Gasteiger partial charge on any atom is 0.222 e. The van der Waals surface area contributed by atoms with Crippen molar-refractivity contribution in [2.75, 3.05) is 5.75 Å². The van der Waals surface area contributed by atoms with Gasteiger partial charge in [-0.15, -0.1) is 0 Å². The first-order chi connectivity index (χ1) is 10.9. The molecule has 0 aliphatic heterocycles. The second-order valence-electron chi connectivity index (χ2n) is 5.51. The first-order valence-electron chi connectivity index (χ1n) is 7.41. The smallest absolute Gasteiger partial charge is 0.222 e. The van der Waals surface area contributed by atoms with Crippen LogP contribution in [0.15, 0.2) is 47.4 Å². The fraction of sp³-hybridized carbons (Fsp3) is 0.375. The fourth-order valence-corrected chi connectivity index (χ4v) is 3.80. The number of hydrogen-bond acceptors (Lipinski definition) is 4. The molecule has 3 N–H and O–H groups in total. The number of carbonyl (C=O) groups excluding carboxylic acids is 2. The van der Waals surface area contributed by atoms with Crippen LogP contribution in [0.25, 0.3) is 0 Å². The molecule has 2 rings (SSSR count). The van der Waals surface area contributed by atoms with Crippen molar-refractivity contribution in [1.82, 2.24) is 5.32 Å². The van der Waals surface area contributed by atoms with Gasteiger partial charge >= 0.3 is 0 Å². The molecule has 1 aromatic carbocycles. The van der Waals surface area contributed by atoms with Gasteiger partial charge in [-0.05, 0) is 25.0 Å². The van der Waals surface area contributed by atoms with E-state index in [4.69, 9.17) is 5.73 Å². The molecule has 0 unspecified atom stereocenters. The molecule has 0 bridgehead atoms. The van der Waals surface area contributed by atoms with Crippen LogP contribution < -0.4 is 11.1 Å². The number of hydrogen-bond donors (Lipinski definition) is 2. The van der Waals surface area contributed by atoms with E-state index in [0.29, 0.717) is 12.8 Å². The molecular weight excluding hydrogens is 316 g/mol. The molecule has 0 spiro atoms. The Balaban J connectivity index is 1.92. The van der Waals surface area contributed by atoms with Crippen LogP contribution in [0.1, 0.15) is 19.3 Å². The summed E-state index contributed by atoms with van der Waals surface area (Å²) in [5.74, 6) is -1.57. The summed E-state index contributed by atoms with van der Waals surface area (Å²) in [7, 11) is -3.49. The molecule has 1 aliphatic carbocycles. The normalized spacial score (nSPS) is 20.9. The summed E-state index contributed by atoms with van der Waals surface area (Å²) in [6.07, 6.45) is 4.60. The second-order valence-corrected chi connectivity index (χ2v) is 7.62. The third-order valence-electron chi connectivity index (χ3n) is 3.84. The predicted molar refractivity (Wildman–Crippen MR) is 86.1 cm³/mol. The first kappa shape index (κ1) is 17.2. The molecule has 23 heavy (non-hydrogen) atoms. The van der Waals surface area contributed by atoms with Crippen LogP contribution in [0.3, 0.4) is 0 Å². The number of primary amides is 1. The fourth-order valence-electron chi connectivity index (χ4n) is 2.54. The van der Waals surface area contributed by atoms with Crippen LogP contribution in [0, 0.1) is 5.92 Å². The highest BCUT2D eigenvalue weighted by Gasteiger charge is 2.28. The zero-order valence-corrected chi connectivity index (χ0v) is 13.5. The number of carbonyl (C=O) groups is 2. The number of allylic oxidation sites excluding steroid dienone is 1. The van der Waals surface area contributed by atoms with Crippen molar-refractivity contribution in [3.63, 3.8) is 0 Å². The van der Waals surface area contributed by atoms with Crippen molar-refractivity contribution in [2.45, 2.75) is 30.2 Å². The Morgan fingerprint density at radius 1 is 1.13 bits per heavy atom. The molecule has 0 fully saturated rings. The van der Waals surface area contributed by atoms with Crippen molar-refractivity contribution in [2.24, 2.45) is 11.7 Å². The lowest BCUT2D eigenvalue weighted by atomic mass is 9.88. The molecule has 0 saturated heterocycles.